The van der Waals surface area contributed by atoms with Crippen molar-refractivity contribution < 1.29 is 0 Å². The van der Waals surface area contributed by atoms with Gasteiger partial charge in [0.25, 0.3) is 0 Å². The molecular weight excluding hydrogens is 430 g/mol. The van der Waals surface area contributed by atoms with E-state index < -0.39 is 0 Å². The minimum atomic E-state index is -0.0579. The Morgan fingerprint density at radius 3 is 2.18 bits per heavy atom. The molecule has 0 saturated heterocycles. The molecule has 1 atom stereocenters. The third-order valence-electron chi connectivity index (χ3n) is 2.17. The summed E-state index contributed by atoms with van der Waals surface area (Å²) in [5.74, 6) is 0. The van der Waals surface area contributed by atoms with Gasteiger partial charge in [0.05, 0.1) is 4.83 Å². The van der Waals surface area contributed by atoms with Crippen LogP contribution in [0.25, 0.3) is 0 Å². The van der Waals surface area contributed by atoms with Crippen LogP contribution in [0.5, 0.6) is 0 Å². The van der Waals surface area contributed by atoms with E-state index in [4.69, 9.17) is 34.8 Å². The Balaban J connectivity index is 2.47. The molecule has 0 bridgehead atoms. The van der Waals surface area contributed by atoms with E-state index in [1.165, 1.54) is 11.3 Å². The number of alkyl halides is 1. The molecule has 2 rings (SSSR count). The van der Waals surface area contributed by atoms with Crippen LogP contribution in [0.2, 0.25) is 14.4 Å². The van der Waals surface area contributed by atoms with Crippen LogP contribution in [0.15, 0.2) is 28.7 Å². The molecule has 0 aliphatic carbocycles. The Morgan fingerprint density at radius 2 is 1.71 bits per heavy atom. The largest absolute Gasteiger partial charge is 0.126 e. The number of benzene rings is 1. The molecule has 1 unspecified atom stereocenters. The highest BCUT2D eigenvalue weighted by atomic mass is 79.9. The van der Waals surface area contributed by atoms with E-state index in [0.29, 0.717) is 14.4 Å². The van der Waals surface area contributed by atoms with Crippen LogP contribution in [-0.2, 0) is 0 Å². The smallest absolute Gasteiger partial charge is 0.107 e. The molecule has 0 amide bonds. The van der Waals surface area contributed by atoms with Crippen molar-refractivity contribution in [1.82, 2.24) is 0 Å². The first-order valence-electron chi connectivity index (χ1n) is 4.53. The van der Waals surface area contributed by atoms with Gasteiger partial charge in [-0.25, -0.2) is 0 Å². The van der Waals surface area contributed by atoms with Gasteiger partial charge in [0.1, 0.15) is 4.34 Å². The first-order chi connectivity index (χ1) is 8.00. The van der Waals surface area contributed by atoms with E-state index >= 15 is 0 Å². The third-order valence-corrected chi connectivity index (χ3v) is 6.62. The number of thiophene rings is 1. The molecule has 0 spiro atoms. The fourth-order valence-electron chi connectivity index (χ4n) is 1.38. The summed E-state index contributed by atoms with van der Waals surface area (Å²) in [4.78, 5) is 0.995. The predicted octanol–water partition coefficient (Wildman–Crippen LogP) is 6.96. The zero-order valence-electron chi connectivity index (χ0n) is 8.18. The Labute approximate surface area is 135 Å². The summed E-state index contributed by atoms with van der Waals surface area (Å²) in [6.07, 6.45) is 0. The lowest BCUT2D eigenvalue weighted by molar-refractivity contribution is 1.22. The van der Waals surface area contributed by atoms with E-state index in [9.17, 15) is 0 Å². The second kappa shape index (κ2) is 5.81. The van der Waals surface area contributed by atoms with E-state index in [1.807, 2.05) is 24.3 Å². The Hall–Kier alpha value is 0.750. The van der Waals surface area contributed by atoms with Crippen LogP contribution in [-0.4, -0.2) is 0 Å². The summed E-state index contributed by atoms with van der Waals surface area (Å²) < 4.78 is 1.60. The van der Waals surface area contributed by atoms with E-state index in [-0.39, 0.29) is 4.83 Å². The molecule has 1 aromatic heterocycles. The zero-order chi connectivity index (χ0) is 12.6. The van der Waals surface area contributed by atoms with Crippen LogP contribution in [0.1, 0.15) is 15.3 Å². The predicted molar refractivity (Wildman–Crippen MR) is 84.3 cm³/mol. The molecule has 2 aromatic rings. The topological polar surface area (TPSA) is 0 Å². The number of rotatable bonds is 2. The summed E-state index contributed by atoms with van der Waals surface area (Å²) in [5.41, 5.74) is 0.862. The van der Waals surface area contributed by atoms with Crippen molar-refractivity contribution in [2.45, 2.75) is 4.83 Å². The maximum atomic E-state index is 6.17. The maximum Gasteiger partial charge on any atom is 0.107 e. The Bertz CT molecular complexity index is 514. The number of hydrogen-bond donors (Lipinski definition) is 0. The van der Waals surface area contributed by atoms with Gasteiger partial charge in [0, 0.05) is 25.0 Å². The molecule has 6 heteroatoms. The molecule has 17 heavy (non-hydrogen) atoms. The van der Waals surface area contributed by atoms with Crippen molar-refractivity contribution in [3.8, 4) is 0 Å². The van der Waals surface area contributed by atoms with Gasteiger partial charge in [0.2, 0.25) is 0 Å². The molecule has 0 N–H and O–H groups in total. The molecule has 0 nitrogen and oxygen atoms in total. The maximum absolute atomic E-state index is 6.17. The standard InChI is InChI=1S/C11H5Br2Cl3S/c12-5-4-8(17-11(5)16)10(13)9-6(14)2-1-3-7(9)15/h1-4,10H. The first kappa shape index (κ1) is 14.2. The van der Waals surface area contributed by atoms with E-state index in [2.05, 4.69) is 31.9 Å². The third kappa shape index (κ3) is 3.02. The molecule has 0 fully saturated rings. The van der Waals surface area contributed by atoms with Crippen molar-refractivity contribution in [2.24, 2.45) is 0 Å². The zero-order valence-corrected chi connectivity index (χ0v) is 14.4. The summed E-state index contributed by atoms with van der Waals surface area (Å²) in [6, 6.07) is 7.43. The highest BCUT2D eigenvalue weighted by molar-refractivity contribution is 9.10. The summed E-state index contributed by atoms with van der Waals surface area (Å²) >= 11 is 26.8. The molecule has 0 aliphatic rings. The average Bonchev–Trinajstić information content (AvgIpc) is 2.59. The van der Waals surface area contributed by atoms with Crippen LogP contribution in [0, 0.1) is 0 Å². The number of hydrogen-bond acceptors (Lipinski definition) is 1. The molecular formula is C11H5Br2Cl3S. The Kier molecular flexibility index (Phi) is 4.84. The van der Waals surface area contributed by atoms with Crippen molar-refractivity contribution in [2.75, 3.05) is 0 Å². The Morgan fingerprint density at radius 1 is 1.12 bits per heavy atom. The summed E-state index contributed by atoms with van der Waals surface area (Å²) in [7, 11) is 0. The van der Waals surface area contributed by atoms with Crippen molar-refractivity contribution >= 4 is 78.0 Å². The summed E-state index contributed by atoms with van der Waals surface area (Å²) in [6.45, 7) is 0. The quantitative estimate of drug-likeness (QED) is 0.448. The molecule has 1 heterocycles. The van der Waals surface area contributed by atoms with Crippen LogP contribution in [0.4, 0.5) is 0 Å². The second-order valence-corrected chi connectivity index (χ2v) is 7.54. The normalized spacial score (nSPS) is 12.8. The molecule has 0 saturated carbocycles. The highest BCUT2D eigenvalue weighted by Crippen LogP contribution is 2.45. The van der Waals surface area contributed by atoms with Gasteiger partial charge in [-0.3, -0.25) is 0 Å². The summed E-state index contributed by atoms with van der Waals surface area (Å²) in [5, 5.41) is 1.28. The molecule has 90 valence electrons. The fourth-order valence-corrected chi connectivity index (χ4v) is 4.89. The van der Waals surface area contributed by atoms with E-state index in [0.717, 1.165) is 14.9 Å². The van der Waals surface area contributed by atoms with Gasteiger partial charge in [-0.1, -0.05) is 56.8 Å². The van der Waals surface area contributed by atoms with Crippen LogP contribution in [0.3, 0.4) is 0 Å². The van der Waals surface area contributed by atoms with Crippen LogP contribution >= 0.6 is 78.0 Å². The van der Waals surface area contributed by atoms with Crippen molar-refractivity contribution in [3.05, 3.63) is 53.6 Å². The number of halogens is 5. The lowest BCUT2D eigenvalue weighted by Gasteiger charge is -2.12. The van der Waals surface area contributed by atoms with Gasteiger partial charge in [0.15, 0.2) is 0 Å². The van der Waals surface area contributed by atoms with Gasteiger partial charge in [-0.05, 0) is 34.1 Å². The van der Waals surface area contributed by atoms with Gasteiger partial charge < -0.3 is 0 Å². The van der Waals surface area contributed by atoms with Crippen LogP contribution < -0.4 is 0 Å². The van der Waals surface area contributed by atoms with Gasteiger partial charge in [-0.2, -0.15) is 0 Å². The first-order valence-corrected chi connectivity index (χ1v) is 8.19. The minimum absolute atomic E-state index is 0.0579. The lowest BCUT2D eigenvalue weighted by Crippen LogP contribution is -1.92. The van der Waals surface area contributed by atoms with E-state index in [1.54, 1.807) is 0 Å². The SMILES string of the molecule is Clc1cccc(Cl)c1C(Br)c1cc(Br)c(Cl)s1. The second-order valence-electron chi connectivity index (χ2n) is 3.27. The molecule has 0 radical (unpaired) electrons. The van der Waals surface area contributed by atoms with Gasteiger partial charge >= 0.3 is 0 Å². The van der Waals surface area contributed by atoms with Gasteiger partial charge in [-0.15, -0.1) is 11.3 Å². The van der Waals surface area contributed by atoms with Crippen molar-refractivity contribution in [3.63, 3.8) is 0 Å². The highest BCUT2D eigenvalue weighted by Gasteiger charge is 2.20. The average molecular weight is 435 g/mol. The lowest BCUT2D eigenvalue weighted by atomic mass is 10.1. The molecule has 1 aromatic carbocycles. The monoisotopic (exact) mass is 432 g/mol. The van der Waals surface area contributed by atoms with Crippen molar-refractivity contribution in [1.29, 1.82) is 0 Å². The fraction of sp³-hybridized carbons (Fsp3) is 0.0909. The minimum Gasteiger partial charge on any atom is -0.126 e. The molecule has 0 aliphatic heterocycles.